The molecule has 1 heterocycles. The van der Waals surface area contributed by atoms with Gasteiger partial charge in [0.2, 0.25) is 0 Å². The summed E-state index contributed by atoms with van der Waals surface area (Å²) < 4.78 is 0. The number of nitrogens with zero attached hydrogens (tertiary/aromatic N) is 1. The summed E-state index contributed by atoms with van der Waals surface area (Å²) in [7, 11) is 0. The maximum Gasteiger partial charge on any atom is 0.0697 e. The van der Waals surface area contributed by atoms with Crippen molar-refractivity contribution in [3.63, 3.8) is 0 Å². The molecule has 0 bridgehead atoms. The fourth-order valence-electron chi connectivity index (χ4n) is 2.45. The van der Waals surface area contributed by atoms with Crippen molar-refractivity contribution in [3.05, 3.63) is 0 Å². The molecule has 1 fully saturated rings. The van der Waals surface area contributed by atoms with E-state index in [2.05, 4.69) is 25.7 Å². The number of likely N-dealkylation sites (tertiary alicyclic amines) is 1. The van der Waals surface area contributed by atoms with Crippen molar-refractivity contribution in [3.8, 4) is 0 Å². The molecule has 1 unspecified atom stereocenters. The molecule has 0 radical (unpaired) electrons. The lowest BCUT2D eigenvalue weighted by Crippen LogP contribution is -2.47. The van der Waals surface area contributed by atoms with Crippen molar-refractivity contribution < 1.29 is 5.11 Å². The van der Waals surface area contributed by atoms with Gasteiger partial charge in [-0.1, -0.05) is 27.2 Å². The van der Waals surface area contributed by atoms with E-state index in [1.54, 1.807) is 0 Å². The zero-order chi connectivity index (χ0) is 10.6. The molecule has 84 valence electrons. The molecule has 1 saturated heterocycles. The van der Waals surface area contributed by atoms with Gasteiger partial charge in [-0.15, -0.1) is 0 Å². The summed E-state index contributed by atoms with van der Waals surface area (Å²) in [6.07, 6.45) is 4.26. The van der Waals surface area contributed by atoms with E-state index in [0.717, 1.165) is 38.9 Å². The summed E-state index contributed by atoms with van der Waals surface area (Å²) in [6.45, 7) is 9.85. The summed E-state index contributed by atoms with van der Waals surface area (Å²) in [5.41, 5.74) is -0.373. The first-order valence-electron chi connectivity index (χ1n) is 6.07. The maximum absolute atomic E-state index is 10.5. The largest absolute Gasteiger partial charge is 0.390 e. The molecule has 1 rings (SSSR count). The van der Waals surface area contributed by atoms with Crippen LogP contribution in [0.2, 0.25) is 0 Å². The molecule has 1 atom stereocenters. The van der Waals surface area contributed by atoms with Gasteiger partial charge in [-0.25, -0.2) is 0 Å². The van der Waals surface area contributed by atoms with Crippen molar-refractivity contribution >= 4 is 0 Å². The molecule has 2 nitrogen and oxygen atoms in total. The normalized spacial score (nSPS) is 24.9. The van der Waals surface area contributed by atoms with Gasteiger partial charge in [-0.2, -0.15) is 0 Å². The van der Waals surface area contributed by atoms with Gasteiger partial charge in [0.1, 0.15) is 0 Å². The molecule has 0 spiro atoms. The Morgan fingerprint density at radius 2 is 1.86 bits per heavy atom. The van der Waals surface area contributed by atoms with Gasteiger partial charge in [-0.3, -0.25) is 0 Å². The Morgan fingerprint density at radius 1 is 1.29 bits per heavy atom. The van der Waals surface area contributed by atoms with Crippen LogP contribution >= 0.6 is 0 Å². The van der Waals surface area contributed by atoms with Crippen molar-refractivity contribution in [2.75, 3.05) is 19.6 Å². The summed E-state index contributed by atoms with van der Waals surface area (Å²) in [6, 6.07) is 0. The Kier molecular flexibility index (Phi) is 4.39. The van der Waals surface area contributed by atoms with E-state index in [1.807, 2.05) is 0 Å². The minimum absolute atomic E-state index is 0.373. The van der Waals surface area contributed by atoms with Gasteiger partial charge in [0.15, 0.2) is 0 Å². The number of rotatable bonds is 4. The Labute approximate surface area is 88.3 Å². The van der Waals surface area contributed by atoms with E-state index in [0.29, 0.717) is 5.92 Å². The maximum atomic E-state index is 10.5. The van der Waals surface area contributed by atoms with Crippen LogP contribution in [-0.2, 0) is 0 Å². The van der Waals surface area contributed by atoms with Crippen LogP contribution < -0.4 is 0 Å². The van der Waals surface area contributed by atoms with Crippen LogP contribution in [0.25, 0.3) is 0 Å². The summed E-state index contributed by atoms with van der Waals surface area (Å²) >= 11 is 0. The summed E-state index contributed by atoms with van der Waals surface area (Å²) in [5.74, 6) is 0.464. The van der Waals surface area contributed by atoms with Crippen molar-refractivity contribution in [2.45, 2.75) is 52.1 Å². The molecule has 0 aromatic heterocycles. The van der Waals surface area contributed by atoms with Gasteiger partial charge in [0.05, 0.1) is 5.60 Å². The van der Waals surface area contributed by atoms with Gasteiger partial charge < -0.3 is 10.0 Å². The Hall–Kier alpha value is -0.0800. The smallest absolute Gasteiger partial charge is 0.0697 e. The zero-order valence-corrected chi connectivity index (χ0v) is 9.92. The first kappa shape index (κ1) is 12.0. The minimum atomic E-state index is -0.373. The summed E-state index contributed by atoms with van der Waals surface area (Å²) in [5, 5.41) is 10.5. The average Bonchev–Trinajstić information content (AvgIpc) is 2.19. The molecule has 1 aliphatic heterocycles. The quantitative estimate of drug-likeness (QED) is 0.751. The highest BCUT2D eigenvalue weighted by molar-refractivity contribution is 4.89. The Morgan fingerprint density at radius 3 is 2.29 bits per heavy atom. The van der Waals surface area contributed by atoms with Gasteiger partial charge in [0, 0.05) is 13.1 Å². The highest BCUT2D eigenvalue weighted by Crippen LogP contribution is 2.32. The molecular weight excluding hydrogens is 174 g/mol. The van der Waals surface area contributed by atoms with Crippen LogP contribution in [0.4, 0.5) is 0 Å². The van der Waals surface area contributed by atoms with Crippen molar-refractivity contribution in [2.24, 2.45) is 5.92 Å². The first-order valence-corrected chi connectivity index (χ1v) is 6.07. The van der Waals surface area contributed by atoms with Gasteiger partial charge in [0.25, 0.3) is 0 Å². The Bertz CT molecular complexity index is 162. The van der Waals surface area contributed by atoms with Gasteiger partial charge in [-0.05, 0) is 31.7 Å². The average molecular weight is 199 g/mol. The standard InChI is InChI=1S/C12H25NO/c1-4-6-11(3)12(14)7-9-13(5-2)10-8-12/h11,14H,4-10H2,1-3H3. The number of hydrogen-bond donors (Lipinski definition) is 1. The summed E-state index contributed by atoms with van der Waals surface area (Å²) in [4.78, 5) is 2.42. The second-order valence-electron chi connectivity index (χ2n) is 4.73. The monoisotopic (exact) mass is 199 g/mol. The van der Waals surface area contributed by atoms with E-state index >= 15 is 0 Å². The third-order valence-electron chi connectivity index (χ3n) is 3.81. The molecule has 2 heteroatoms. The fourth-order valence-corrected chi connectivity index (χ4v) is 2.45. The van der Waals surface area contributed by atoms with Crippen LogP contribution in [-0.4, -0.2) is 35.2 Å². The van der Waals surface area contributed by atoms with Gasteiger partial charge >= 0.3 is 0 Å². The molecule has 0 saturated carbocycles. The molecule has 1 N–H and O–H groups in total. The lowest BCUT2D eigenvalue weighted by atomic mass is 9.78. The van der Waals surface area contributed by atoms with Crippen LogP contribution in [0.5, 0.6) is 0 Å². The zero-order valence-electron chi connectivity index (χ0n) is 9.92. The number of piperidine rings is 1. The molecule has 14 heavy (non-hydrogen) atoms. The fraction of sp³-hybridized carbons (Fsp3) is 1.00. The molecule has 1 aliphatic rings. The topological polar surface area (TPSA) is 23.5 Å². The second kappa shape index (κ2) is 5.13. The van der Waals surface area contributed by atoms with Crippen LogP contribution in [0.15, 0.2) is 0 Å². The molecular formula is C12H25NO. The molecule has 0 aromatic rings. The van der Waals surface area contributed by atoms with Crippen LogP contribution in [0.3, 0.4) is 0 Å². The Balaban J connectivity index is 2.43. The number of hydrogen-bond acceptors (Lipinski definition) is 2. The van der Waals surface area contributed by atoms with Crippen LogP contribution in [0.1, 0.15) is 46.5 Å². The third kappa shape index (κ3) is 2.71. The molecule has 0 amide bonds. The minimum Gasteiger partial charge on any atom is -0.390 e. The van der Waals surface area contributed by atoms with E-state index in [9.17, 15) is 5.11 Å². The van der Waals surface area contributed by atoms with Crippen molar-refractivity contribution in [1.29, 1.82) is 0 Å². The van der Waals surface area contributed by atoms with E-state index in [4.69, 9.17) is 0 Å². The van der Waals surface area contributed by atoms with Crippen LogP contribution in [0, 0.1) is 5.92 Å². The number of aliphatic hydroxyl groups is 1. The van der Waals surface area contributed by atoms with E-state index in [-0.39, 0.29) is 5.60 Å². The highest BCUT2D eigenvalue weighted by Gasteiger charge is 2.36. The first-order chi connectivity index (χ1) is 6.62. The lowest BCUT2D eigenvalue weighted by Gasteiger charge is -2.41. The predicted molar refractivity (Wildman–Crippen MR) is 60.4 cm³/mol. The lowest BCUT2D eigenvalue weighted by molar-refractivity contribution is -0.0633. The predicted octanol–water partition coefficient (Wildman–Crippen LogP) is 2.27. The third-order valence-corrected chi connectivity index (χ3v) is 3.81. The SMILES string of the molecule is CCCC(C)C1(O)CCN(CC)CC1. The second-order valence-corrected chi connectivity index (χ2v) is 4.73. The highest BCUT2D eigenvalue weighted by atomic mass is 16.3. The van der Waals surface area contributed by atoms with E-state index < -0.39 is 0 Å². The molecule has 0 aliphatic carbocycles. The van der Waals surface area contributed by atoms with Crippen molar-refractivity contribution in [1.82, 2.24) is 4.90 Å². The molecule has 0 aromatic carbocycles. The van der Waals surface area contributed by atoms with E-state index in [1.165, 1.54) is 6.42 Å².